The molecule has 23 heavy (non-hydrogen) atoms. The van der Waals surface area contributed by atoms with E-state index in [2.05, 4.69) is 20.3 Å². The molecule has 4 N–H and O–H groups in total. The van der Waals surface area contributed by atoms with E-state index in [-0.39, 0.29) is 5.96 Å². The van der Waals surface area contributed by atoms with Gasteiger partial charge in [-0.1, -0.05) is 18.2 Å². The summed E-state index contributed by atoms with van der Waals surface area (Å²) < 4.78 is 5.24. The van der Waals surface area contributed by atoms with Crippen LogP contribution in [0.5, 0.6) is 5.75 Å². The molecule has 0 atom stereocenters. The van der Waals surface area contributed by atoms with E-state index in [9.17, 15) is 0 Å². The number of nitrogens with zero attached hydrogens (tertiary/aromatic N) is 3. The average Bonchev–Trinajstić information content (AvgIpc) is 2.53. The molecule has 0 spiro atoms. The number of guanidine groups is 1. The van der Waals surface area contributed by atoms with Crippen molar-refractivity contribution in [2.45, 2.75) is 13.5 Å². The molecule has 8 nitrogen and oxygen atoms in total. The van der Waals surface area contributed by atoms with Gasteiger partial charge in [-0.3, -0.25) is 10.1 Å². The molecule has 0 bridgehead atoms. The number of aliphatic imine (C=N–C) groups is 1. The van der Waals surface area contributed by atoms with Gasteiger partial charge in [0.15, 0.2) is 5.96 Å². The second kappa shape index (κ2) is 9.72. The van der Waals surface area contributed by atoms with Crippen molar-refractivity contribution in [2.75, 3.05) is 12.4 Å². The number of methoxy groups -OCH3 is 1. The highest BCUT2D eigenvalue weighted by atomic mass is 16.5. The van der Waals surface area contributed by atoms with Crippen LogP contribution in [0.4, 0.5) is 5.95 Å². The Hall–Kier alpha value is -3.16. The Bertz CT molecular complexity index is 643. The molecule has 0 aliphatic heterocycles. The molecule has 0 fully saturated rings. The Morgan fingerprint density at radius 2 is 1.91 bits per heavy atom. The Morgan fingerprint density at radius 3 is 2.52 bits per heavy atom. The summed E-state index contributed by atoms with van der Waals surface area (Å²) in [5, 5.41) is 10.2. The third-order valence-corrected chi connectivity index (χ3v) is 2.42. The molecule has 0 radical (unpaired) electrons. The molecule has 0 amide bonds. The van der Waals surface area contributed by atoms with Crippen molar-refractivity contribution < 1.29 is 14.6 Å². The van der Waals surface area contributed by atoms with Crippen LogP contribution in [0.15, 0.2) is 47.7 Å². The van der Waals surface area contributed by atoms with Crippen molar-refractivity contribution in [3.8, 4) is 5.75 Å². The molecule has 0 aliphatic rings. The minimum atomic E-state index is -0.833. The number of carboxylic acid groups (broad SMARTS) is 1. The van der Waals surface area contributed by atoms with E-state index in [0.29, 0.717) is 12.5 Å². The molecule has 2 aromatic rings. The van der Waals surface area contributed by atoms with Crippen molar-refractivity contribution >= 4 is 17.9 Å². The summed E-state index contributed by atoms with van der Waals surface area (Å²) in [7, 11) is 1.63. The van der Waals surface area contributed by atoms with Gasteiger partial charge >= 0.3 is 0 Å². The zero-order valence-electron chi connectivity index (χ0n) is 12.9. The van der Waals surface area contributed by atoms with E-state index >= 15 is 0 Å². The van der Waals surface area contributed by atoms with Gasteiger partial charge < -0.3 is 15.6 Å². The molecular weight excluding hydrogens is 298 g/mol. The second-order valence-corrected chi connectivity index (χ2v) is 4.23. The highest BCUT2D eigenvalue weighted by molar-refractivity contribution is 5.90. The number of ether oxygens (including phenoxy) is 1. The van der Waals surface area contributed by atoms with Gasteiger partial charge in [-0.25, -0.2) is 15.0 Å². The number of para-hydroxylation sites is 1. The standard InChI is InChI=1S/C13H15N5O.C2H4O2/c1-19-11-6-3-2-5-10(11)9-17-12(14)18-13-15-7-4-8-16-13;1-2(3)4/h2-8H,9H2,1H3,(H3,14,15,16,17,18);1H3,(H,3,4). The molecule has 8 heteroatoms. The first kappa shape index (κ1) is 17.9. The Labute approximate surface area is 134 Å². The summed E-state index contributed by atoms with van der Waals surface area (Å²) in [5.41, 5.74) is 6.72. The number of nitrogens with one attached hydrogen (secondary N) is 1. The quantitative estimate of drug-likeness (QED) is 0.577. The number of aromatic nitrogens is 2. The number of aliphatic carboxylic acids is 1. The summed E-state index contributed by atoms with van der Waals surface area (Å²) in [4.78, 5) is 21.2. The Morgan fingerprint density at radius 1 is 1.30 bits per heavy atom. The van der Waals surface area contributed by atoms with E-state index in [1.54, 1.807) is 25.6 Å². The van der Waals surface area contributed by atoms with Gasteiger partial charge in [0.25, 0.3) is 5.97 Å². The molecule has 122 valence electrons. The number of hydrogen-bond acceptors (Lipinski definition) is 5. The van der Waals surface area contributed by atoms with Crippen LogP contribution in [0.25, 0.3) is 0 Å². The van der Waals surface area contributed by atoms with E-state index in [1.807, 2.05) is 24.3 Å². The van der Waals surface area contributed by atoms with Gasteiger partial charge in [0.1, 0.15) is 5.75 Å². The summed E-state index contributed by atoms with van der Waals surface area (Å²) in [6.07, 6.45) is 3.26. The lowest BCUT2D eigenvalue weighted by Crippen LogP contribution is -2.23. The smallest absolute Gasteiger partial charge is 0.300 e. The molecule has 1 aromatic heterocycles. The van der Waals surface area contributed by atoms with Crippen LogP contribution >= 0.6 is 0 Å². The van der Waals surface area contributed by atoms with Crippen LogP contribution in [-0.4, -0.2) is 34.1 Å². The second-order valence-electron chi connectivity index (χ2n) is 4.23. The van der Waals surface area contributed by atoms with Gasteiger partial charge in [-0.05, 0) is 12.1 Å². The molecule has 0 saturated heterocycles. The lowest BCUT2D eigenvalue weighted by Gasteiger charge is -2.06. The van der Waals surface area contributed by atoms with Gasteiger partial charge in [0, 0.05) is 24.9 Å². The molecule has 0 saturated carbocycles. The van der Waals surface area contributed by atoms with Crippen LogP contribution in [-0.2, 0) is 11.3 Å². The third-order valence-electron chi connectivity index (χ3n) is 2.42. The number of nitrogens with two attached hydrogens (primary N) is 1. The number of carboxylic acids is 1. The maximum Gasteiger partial charge on any atom is 0.300 e. The minimum absolute atomic E-state index is 0.261. The van der Waals surface area contributed by atoms with Crippen LogP contribution in [0, 0.1) is 0 Å². The van der Waals surface area contributed by atoms with Gasteiger partial charge in [0.05, 0.1) is 13.7 Å². The molecule has 2 rings (SSSR count). The number of rotatable bonds is 4. The SMILES string of the molecule is CC(=O)O.COc1ccccc1CN=C(N)Nc1ncccn1. The van der Waals surface area contributed by atoms with Gasteiger partial charge in [-0.15, -0.1) is 0 Å². The maximum absolute atomic E-state index is 9.00. The predicted octanol–water partition coefficient (Wildman–Crippen LogP) is 1.50. The molecular formula is C15H19N5O3. The number of benzene rings is 1. The van der Waals surface area contributed by atoms with Crippen LogP contribution < -0.4 is 15.8 Å². The fourth-order valence-electron chi connectivity index (χ4n) is 1.52. The Balaban J connectivity index is 0.000000593. The highest BCUT2D eigenvalue weighted by Gasteiger charge is 2.01. The molecule has 1 heterocycles. The Kier molecular flexibility index (Phi) is 7.56. The van der Waals surface area contributed by atoms with Crippen LogP contribution in [0.1, 0.15) is 12.5 Å². The molecule has 0 aliphatic carbocycles. The fraction of sp³-hybridized carbons (Fsp3) is 0.200. The van der Waals surface area contributed by atoms with Gasteiger partial charge in [0.2, 0.25) is 5.95 Å². The molecule has 0 unspecified atom stereocenters. The maximum atomic E-state index is 9.00. The van der Waals surface area contributed by atoms with E-state index < -0.39 is 5.97 Å². The van der Waals surface area contributed by atoms with Crippen molar-refractivity contribution in [1.29, 1.82) is 0 Å². The summed E-state index contributed by atoms with van der Waals surface area (Å²) in [6, 6.07) is 9.39. The van der Waals surface area contributed by atoms with Gasteiger partial charge in [-0.2, -0.15) is 0 Å². The monoisotopic (exact) mass is 317 g/mol. The molecule has 1 aromatic carbocycles. The van der Waals surface area contributed by atoms with E-state index in [4.69, 9.17) is 20.4 Å². The summed E-state index contributed by atoms with van der Waals surface area (Å²) >= 11 is 0. The third kappa shape index (κ3) is 7.42. The van der Waals surface area contributed by atoms with Crippen molar-refractivity contribution in [3.63, 3.8) is 0 Å². The normalized spacial score (nSPS) is 10.3. The lowest BCUT2D eigenvalue weighted by molar-refractivity contribution is -0.134. The fourth-order valence-corrected chi connectivity index (χ4v) is 1.52. The number of hydrogen-bond donors (Lipinski definition) is 3. The first-order chi connectivity index (χ1) is 11.0. The van der Waals surface area contributed by atoms with Crippen LogP contribution in [0.2, 0.25) is 0 Å². The van der Waals surface area contributed by atoms with Crippen molar-refractivity contribution in [2.24, 2.45) is 10.7 Å². The van der Waals surface area contributed by atoms with E-state index in [1.165, 1.54) is 0 Å². The minimum Gasteiger partial charge on any atom is -0.496 e. The van der Waals surface area contributed by atoms with Crippen molar-refractivity contribution in [1.82, 2.24) is 9.97 Å². The average molecular weight is 317 g/mol. The number of carbonyl (C=O) groups is 1. The highest BCUT2D eigenvalue weighted by Crippen LogP contribution is 2.17. The first-order valence-electron chi connectivity index (χ1n) is 6.68. The largest absolute Gasteiger partial charge is 0.496 e. The van der Waals surface area contributed by atoms with Crippen LogP contribution in [0.3, 0.4) is 0 Å². The lowest BCUT2D eigenvalue weighted by atomic mass is 10.2. The predicted molar refractivity (Wildman–Crippen MR) is 87.3 cm³/mol. The summed E-state index contributed by atoms with van der Waals surface area (Å²) in [6.45, 7) is 1.51. The zero-order chi connectivity index (χ0) is 17.1. The van der Waals surface area contributed by atoms with Crippen molar-refractivity contribution in [3.05, 3.63) is 48.3 Å². The zero-order valence-corrected chi connectivity index (χ0v) is 12.9. The summed E-state index contributed by atoms with van der Waals surface area (Å²) in [5.74, 6) is 0.635. The topological polar surface area (TPSA) is 123 Å². The van der Waals surface area contributed by atoms with E-state index in [0.717, 1.165) is 18.2 Å². The first-order valence-corrected chi connectivity index (χ1v) is 6.68. The number of anilines is 1.